The smallest absolute Gasteiger partial charge is 0.0559 e. The molecule has 0 radical (unpaired) electrons. The van der Waals surface area contributed by atoms with Gasteiger partial charge < -0.3 is 4.74 Å². The van der Waals surface area contributed by atoms with Crippen LogP contribution in [0.15, 0.2) is 36.9 Å². The Morgan fingerprint density at radius 2 is 1.83 bits per heavy atom. The zero-order valence-corrected chi connectivity index (χ0v) is 11.9. The molecule has 1 aromatic carbocycles. The van der Waals surface area contributed by atoms with Gasteiger partial charge >= 0.3 is 0 Å². The molecule has 1 aliphatic heterocycles. The molecule has 0 amide bonds. The van der Waals surface area contributed by atoms with Gasteiger partial charge in [0.25, 0.3) is 0 Å². The quantitative estimate of drug-likeness (QED) is 0.717. The van der Waals surface area contributed by atoms with Crippen molar-refractivity contribution in [3.8, 4) is 0 Å². The van der Waals surface area contributed by atoms with Crippen LogP contribution in [0.4, 0.5) is 0 Å². The first-order chi connectivity index (χ1) is 8.55. The maximum Gasteiger partial charge on any atom is 0.0559 e. The third-order valence-electron chi connectivity index (χ3n) is 3.81. The minimum Gasteiger partial charge on any atom is -0.376 e. The fraction of sp³-hybridized carbons (Fsp3) is 0.500. The molecule has 1 nitrogen and oxygen atoms in total. The molecule has 0 saturated carbocycles. The summed E-state index contributed by atoms with van der Waals surface area (Å²) in [6.45, 7) is 8.24. The van der Waals surface area contributed by atoms with E-state index < -0.39 is 0 Å². The van der Waals surface area contributed by atoms with E-state index in [0.717, 1.165) is 24.3 Å². The fourth-order valence-electron chi connectivity index (χ4n) is 3.28. The molecule has 2 rings (SSSR count). The molecule has 0 spiro atoms. The monoisotopic (exact) mass is 264 g/mol. The predicted molar refractivity (Wildman–Crippen MR) is 77.2 cm³/mol. The molecule has 1 saturated heterocycles. The Morgan fingerprint density at radius 3 is 2.33 bits per heavy atom. The van der Waals surface area contributed by atoms with Gasteiger partial charge in [-0.15, -0.1) is 6.58 Å². The van der Waals surface area contributed by atoms with E-state index in [1.165, 1.54) is 5.56 Å². The van der Waals surface area contributed by atoms with Crippen LogP contribution in [0.25, 0.3) is 0 Å². The van der Waals surface area contributed by atoms with Crippen LogP contribution in [0, 0.1) is 0 Å². The number of ether oxygens (including phenoxy) is 1. The largest absolute Gasteiger partial charge is 0.376 e. The van der Waals surface area contributed by atoms with E-state index in [1.807, 2.05) is 18.2 Å². The summed E-state index contributed by atoms with van der Waals surface area (Å²) in [6.07, 6.45) is 5.70. The lowest BCUT2D eigenvalue weighted by atomic mass is 9.68. The summed E-state index contributed by atoms with van der Waals surface area (Å²) < 4.78 is 5.87. The highest BCUT2D eigenvalue weighted by Gasteiger charge is 2.38. The van der Waals surface area contributed by atoms with Crippen molar-refractivity contribution in [2.75, 3.05) is 0 Å². The van der Waals surface area contributed by atoms with Crippen LogP contribution < -0.4 is 0 Å². The number of rotatable bonds is 3. The summed E-state index contributed by atoms with van der Waals surface area (Å²) in [6, 6.07) is 8.26. The Hall–Kier alpha value is -0.790. The van der Waals surface area contributed by atoms with Gasteiger partial charge in [0.15, 0.2) is 0 Å². The van der Waals surface area contributed by atoms with Crippen molar-refractivity contribution in [1.29, 1.82) is 0 Å². The highest BCUT2D eigenvalue weighted by Crippen LogP contribution is 2.42. The SMILES string of the molecule is C=CCC1(c2ccc(Cl)cc2)C[C@@H](C)O[C@@H](C)C1. The number of allylic oxidation sites excluding steroid dienone is 1. The van der Waals surface area contributed by atoms with E-state index in [4.69, 9.17) is 16.3 Å². The molecule has 18 heavy (non-hydrogen) atoms. The van der Waals surface area contributed by atoms with Gasteiger partial charge in [-0.3, -0.25) is 0 Å². The predicted octanol–water partition coefficient (Wildman–Crippen LogP) is 4.74. The topological polar surface area (TPSA) is 9.23 Å². The third-order valence-corrected chi connectivity index (χ3v) is 4.06. The van der Waals surface area contributed by atoms with Crippen LogP contribution in [0.2, 0.25) is 5.02 Å². The van der Waals surface area contributed by atoms with Gasteiger partial charge in [-0.2, -0.15) is 0 Å². The van der Waals surface area contributed by atoms with Gasteiger partial charge in [0, 0.05) is 10.4 Å². The first kappa shape index (κ1) is 13.6. The summed E-state index contributed by atoms with van der Waals surface area (Å²) in [5.74, 6) is 0. The molecule has 1 aromatic rings. The van der Waals surface area contributed by atoms with Gasteiger partial charge in [0.05, 0.1) is 12.2 Å². The molecular weight excluding hydrogens is 244 g/mol. The molecule has 1 heterocycles. The van der Waals surface area contributed by atoms with Crippen LogP contribution in [0.3, 0.4) is 0 Å². The van der Waals surface area contributed by atoms with E-state index in [-0.39, 0.29) is 5.41 Å². The van der Waals surface area contributed by atoms with Gasteiger partial charge in [-0.25, -0.2) is 0 Å². The average molecular weight is 265 g/mol. The van der Waals surface area contributed by atoms with E-state index in [9.17, 15) is 0 Å². The summed E-state index contributed by atoms with van der Waals surface area (Å²) in [5, 5.41) is 0.792. The molecule has 2 heteroatoms. The highest BCUT2D eigenvalue weighted by molar-refractivity contribution is 6.30. The molecule has 1 unspecified atom stereocenters. The van der Waals surface area contributed by atoms with Crippen molar-refractivity contribution in [3.63, 3.8) is 0 Å². The van der Waals surface area contributed by atoms with Crippen molar-refractivity contribution in [3.05, 3.63) is 47.5 Å². The lowest BCUT2D eigenvalue weighted by molar-refractivity contribution is -0.0625. The molecule has 3 atom stereocenters. The minimum atomic E-state index is 0.156. The Labute approximate surface area is 115 Å². The van der Waals surface area contributed by atoms with E-state index in [0.29, 0.717) is 12.2 Å². The Kier molecular flexibility index (Phi) is 4.14. The van der Waals surface area contributed by atoms with Crippen LogP contribution in [0.1, 0.15) is 38.7 Å². The van der Waals surface area contributed by atoms with Gasteiger partial charge in [0.2, 0.25) is 0 Å². The number of hydrogen-bond donors (Lipinski definition) is 0. The van der Waals surface area contributed by atoms with Crippen molar-refractivity contribution < 1.29 is 4.74 Å². The Bertz CT molecular complexity index is 400. The maximum atomic E-state index is 5.99. The molecule has 1 aliphatic rings. The molecule has 98 valence electrons. The summed E-state index contributed by atoms with van der Waals surface area (Å²) in [4.78, 5) is 0. The number of halogens is 1. The number of benzene rings is 1. The van der Waals surface area contributed by atoms with E-state index >= 15 is 0 Å². The van der Waals surface area contributed by atoms with E-state index in [2.05, 4.69) is 32.6 Å². The highest BCUT2D eigenvalue weighted by atomic mass is 35.5. The molecule has 1 fully saturated rings. The second-order valence-electron chi connectivity index (χ2n) is 5.45. The van der Waals surface area contributed by atoms with E-state index in [1.54, 1.807) is 0 Å². The summed E-state index contributed by atoms with van der Waals surface area (Å²) in [5.41, 5.74) is 1.51. The van der Waals surface area contributed by atoms with Crippen LogP contribution in [-0.4, -0.2) is 12.2 Å². The van der Waals surface area contributed by atoms with Crippen LogP contribution in [-0.2, 0) is 10.2 Å². The molecule has 0 bridgehead atoms. The Balaban J connectivity index is 2.36. The fourth-order valence-corrected chi connectivity index (χ4v) is 3.40. The zero-order chi connectivity index (χ0) is 13.2. The summed E-state index contributed by atoms with van der Waals surface area (Å²) >= 11 is 5.99. The van der Waals surface area contributed by atoms with Gasteiger partial charge in [0.1, 0.15) is 0 Å². The standard InChI is InChI=1S/C16H21ClO/c1-4-9-16(10-12(2)18-13(3)11-16)14-5-7-15(17)8-6-14/h4-8,12-13H,1,9-11H2,2-3H3/t12-,13+,16?. The lowest BCUT2D eigenvalue weighted by Crippen LogP contribution is -2.41. The second kappa shape index (κ2) is 5.46. The Morgan fingerprint density at radius 1 is 1.28 bits per heavy atom. The maximum absolute atomic E-state index is 5.99. The first-order valence-electron chi connectivity index (χ1n) is 6.58. The van der Waals surface area contributed by atoms with Crippen molar-refractivity contribution in [1.82, 2.24) is 0 Å². The first-order valence-corrected chi connectivity index (χ1v) is 6.96. The molecule has 0 N–H and O–H groups in total. The minimum absolute atomic E-state index is 0.156. The van der Waals surface area contributed by atoms with Crippen LogP contribution >= 0.6 is 11.6 Å². The van der Waals surface area contributed by atoms with Gasteiger partial charge in [-0.1, -0.05) is 29.8 Å². The number of hydrogen-bond acceptors (Lipinski definition) is 1. The molecule has 0 aromatic heterocycles. The third kappa shape index (κ3) is 2.78. The summed E-state index contributed by atoms with van der Waals surface area (Å²) in [7, 11) is 0. The molecular formula is C16H21ClO. The zero-order valence-electron chi connectivity index (χ0n) is 11.2. The van der Waals surface area contributed by atoms with Crippen molar-refractivity contribution >= 4 is 11.6 Å². The van der Waals surface area contributed by atoms with Gasteiger partial charge in [-0.05, 0) is 50.8 Å². The average Bonchev–Trinajstić information content (AvgIpc) is 2.28. The van der Waals surface area contributed by atoms with Crippen molar-refractivity contribution in [2.45, 2.75) is 50.7 Å². The van der Waals surface area contributed by atoms with Crippen molar-refractivity contribution in [2.24, 2.45) is 0 Å². The normalized spacial score (nSPS) is 32.2. The molecule has 0 aliphatic carbocycles. The second-order valence-corrected chi connectivity index (χ2v) is 5.88. The van der Waals surface area contributed by atoms with Crippen LogP contribution in [0.5, 0.6) is 0 Å². The lowest BCUT2D eigenvalue weighted by Gasteiger charge is -2.43.